The standard InChI is InChI=1S/C19H20N4O3/c1-12-4-6-14(7-5-12)19(3)17(25)23(18(26)22-19)11-16(24)21-15-10-13(2)8-9-20-15/h4-10H,11H2,1-3H3,(H,22,26)(H,20,21,24). The molecule has 26 heavy (non-hydrogen) atoms. The van der Waals surface area contributed by atoms with Crippen LogP contribution < -0.4 is 10.6 Å². The van der Waals surface area contributed by atoms with Gasteiger partial charge in [0, 0.05) is 6.20 Å². The van der Waals surface area contributed by atoms with Gasteiger partial charge in [-0.15, -0.1) is 0 Å². The molecule has 134 valence electrons. The molecule has 0 aliphatic carbocycles. The number of rotatable bonds is 4. The number of aromatic nitrogens is 1. The summed E-state index contributed by atoms with van der Waals surface area (Å²) in [4.78, 5) is 42.3. The molecule has 1 atom stereocenters. The second-order valence-electron chi connectivity index (χ2n) is 6.58. The van der Waals surface area contributed by atoms with E-state index in [0.717, 1.165) is 16.0 Å². The third-order valence-corrected chi connectivity index (χ3v) is 4.39. The lowest BCUT2D eigenvalue weighted by atomic mass is 9.91. The summed E-state index contributed by atoms with van der Waals surface area (Å²) in [6.45, 7) is 5.08. The Kier molecular flexibility index (Phi) is 4.46. The summed E-state index contributed by atoms with van der Waals surface area (Å²) in [5, 5.41) is 5.29. The lowest BCUT2D eigenvalue weighted by molar-refractivity contribution is -0.133. The monoisotopic (exact) mass is 352 g/mol. The van der Waals surface area contributed by atoms with Gasteiger partial charge < -0.3 is 10.6 Å². The predicted molar refractivity (Wildman–Crippen MR) is 96.4 cm³/mol. The summed E-state index contributed by atoms with van der Waals surface area (Å²) in [5.41, 5.74) is 1.48. The Bertz CT molecular complexity index is 879. The van der Waals surface area contributed by atoms with E-state index >= 15 is 0 Å². The topological polar surface area (TPSA) is 91.4 Å². The fourth-order valence-electron chi connectivity index (χ4n) is 2.85. The highest BCUT2D eigenvalue weighted by Gasteiger charge is 2.49. The van der Waals surface area contributed by atoms with Gasteiger partial charge in [0.15, 0.2) is 0 Å². The number of hydrogen-bond acceptors (Lipinski definition) is 4. The fourth-order valence-corrected chi connectivity index (χ4v) is 2.85. The summed E-state index contributed by atoms with van der Waals surface area (Å²) in [7, 11) is 0. The molecule has 1 aromatic carbocycles. The molecule has 7 nitrogen and oxygen atoms in total. The molecule has 7 heteroatoms. The number of urea groups is 1. The summed E-state index contributed by atoms with van der Waals surface area (Å²) in [6, 6.07) is 10.3. The maximum absolute atomic E-state index is 12.8. The van der Waals surface area contributed by atoms with Crippen LogP contribution in [0.15, 0.2) is 42.6 Å². The Labute approximate surface area is 151 Å². The van der Waals surface area contributed by atoms with Gasteiger partial charge >= 0.3 is 6.03 Å². The first kappa shape index (κ1) is 17.6. The van der Waals surface area contributed by atoms with Crippen molar-refractivity contribution in [3.63, 3.8) is 0 Å². The van der Waals surface area contributed by atoms with Gasteiger partial charge in [0.1, 0.15) is 17.9 Å². The molecule has 1 saturated heterocycles. The van der Waals surface area contributed by atoms with E-state index in [1.165, 1.54) is 0 Å². The summed E-state index contributed by atoms with van der Waals surface area (Å²) in [6.07, 6.45) is 1.58. The highest BCUT2D eigenvalue weighted by Crippen LogP contribution is 2.28. The quantitative estimate of drug-likeness (QED) is 0.825. The maximum Gasteiger partial charge on any atom is 0.325 e. The highest BCUT2D eigenvalue weighted by atomic mass is 16.2. The molecular weight excluding hydrogens is 332 g/mol. The van der Waals surface area contributed by atoms with Crippen LogP contribution in [0, 0.1) is 13.8 Å². The van der Waals surface area contributed by atoms with E-state index in [1.54, 1.807) is 37.4 Å². The first-order valence-corrected chi connectivity index (χ1v) is 8.23. The van der Waals surface area contributed by atoms with Crippen molar-refractivity contribution in [2.24, 2.45) is 0 Å². The largest absolute Gasteiger partial charge is 0.325 e. The average Bonchev–Trinajstić information content (AvgIpc) is 2.79. The van der Waals surface area contributed by atoms with E-state index in [0.29, 0.717) is 11.4 Å². The number of amides is 4. The van der Waals surface area contributed by atoms with Gasteiger partial charge in [-0.2, -0.15) is 0 Å². The third kappa shape index (κ3) is 3.28. The van der Waals surface area contributed by atoms with E-state index in [4.69, 9.17) is 0 Å². The molecular formula is C19H20N4O3. The van der Waals surface area contributed by atoms with Crippen molar-refractivity contribution < 1.29 is 14.4 Å². The number of carbonyl (C=O) groups is 3. The van der Waals surface area contributed by atoms with Gasteiger partial charge in [0.2, 0.25) is 5.91 Å². The van der Waals surface area contributed by atoms with Crippen LogP contribution in [0.25, 0.3) is 0 Å². The number of aryl methyl sites for hydroxylation is 2. The van der Waals surface area contributed by atoms with Gasteiger partial charge in [-0.1, -0.05) is 29.8 Å². The molecule has 0 spiro atoms. The molecule has 2 heterocycles. The van der Waals surface area contributed by atoms with Crippen LogP contribution in [-0.2, 0) is 15.1 Å². The molecule has 2 aromatic rings. The molecule has 1 fully saturated rings. The second-order valence-corrected chi connectivity index (χ2v) is 6.58. The van der Waals surface area contributed by atoms with Crippen molar-refractivity contribution in [3.8, 4) is 0 Å². The number of imide groups is 1. The number of hydrogen-bond donors (Lipinski definition) is 2. The van der Waals surface area contributed by atoms with E-state index in [-0.39, 0.29) is 6.54 Å². The zero-order valence-electron chi connectivity index (χ0n) is 14.9. The Morgan fingerprint density at radius 1 is 1.15 bits per heavy atom. The lowest BCUT2D eigenvalue weighted by Crippen LogP contribution is -2.42. The van der Waals surface area contributed by atoms with Crippen molar-refractivity contribution in [2.75, 3.05) is 11.9 Å². The number of pyridine rings is 1. The molecule has 3 rings (SSSR count). The molecule has 2 N–H and O–H groups in total. The van der Waals surface area contributed by atoms with Gasteiger partial charge in [-0.05, 0) is 44.0 Å². The SMILES string of the molecule is Cc1ccc(C2(C)NC(=O)N(CC(=O)Nc3cc(C)ccn3)C2=O)cc1. The van der Waals surface area contributed by atoms with E-state index in [9.17, 15) is 14.4 Å². The number of nitrogens with zero attached hydrogens (tertiary/aromatic N) is 2. The highest BCUT2D eigenvalue weighted by molar-refractivity contribution is 6.10. The average molecular weight is 352 g/mol. The molecule has 0 saturated carbocycles. The number of nitrogens with one attached hydrogen (secondary N) is 2. The summed E-state index contributed by atoms with van der Waals surface area (Å²) in [5.74, 6) is -0.568. The smallest absolute Gasteiger partial charge is 0.319 e. The lowest BCUT2D eigenvalue weighted by Gasteiger charge is -2.22. The van der Waals surface area contributed by atoms with E-state index < -0.39 is 23.4 Å². The summed E-state index contributed by atoms with van der Waals surface area (Å²) < 4.78 is 0. The third-order valence-electron chi connectivity index (χ3n) is 4.39. The molecule has 1 aromatic heterocycles. The zero-order chi connectivity index (χ0) is 18.9. The first-order valence-electron chi connectivity index (χ1n) is 8.23. The van der Waals surface area contributed by atoms with Crippen LogP contribution in [0.5, 0.6) is 0 Å². The van der Waals surface area contributed by atoms with Crippen molar-refractivity contribution in [3.05, 3.63) is 59.3 Å². The fraction of sp³-hybridized carbons (Fsp3) is 0.263. The Hall–Kier alpha value is -3.22. The summed E-state index contributed by atoms with van der Waals surface area (Å²) >= 11 is 0. The molecule has 1 aliphatic rings. The zero-order valence-corrected chi connectivity index (χ0v) is 14.9. The van der Waals surface area contributed by atoms with E-state index in [1.807, 2.05) is 26.0 Å². The molecule has 4 amide bonds. The number of benzene rings is 1. The van der Waals surface area contributed by atoms with Crippen LogP contribution in [0.2, 0.25) is 0 Å². The first-order chi connectivity index (χ1) is 12.3. The minimum absolute atomic E-state index is 0.373. The number of carbonyl (C=O) groups excluding carboxylic acids is 3. The van der Waals surface area contributed by atoms with Crippen LogP contribution in [0.3, 0.4) is 0 Å². The predicted octanol–water partition coefficient (Wildman–Crippen LogP) is 2.10. The van der Waals surface area contributed by atoms with Crippen LogP contribution in [0.4, 0.5) is 10.6 Å². The second kappa shape index (κ2) is 6.59. The molecule has 0 radical (unpaired) electrons. The Morgan fingerprint density at radius 3 is 2.50 bits per heavy atom. The van der Waals surface area contributed by atoms with Crippen molar-refractivity contribution in [1.82, 2.24) is 15.2 Å². The van der Waals surface area contributed by atoms with Crippen LogP contribution >= 0.6 is 0 Å². The van der Waals surface area contributed by atoms with Crippen LogP contribution in [-0.4, -0.2) is 34.3 Å². The van der Waals surface area contributed by atoms with Crippen LogP contribution in [0.1, 0.15) is 23.6 Å². The Morgan fingerprint density at radius 2 is 1.85 bits per heavy atom. The van der Waals surface area contributed by atoms with Gasteiger partial charge in [-0.3, -0.25) is 14.5 Å². The van der Waals surface area contributed by atoms with E-state index in [2.05, 4.69) is 15.6 Å². The minimum Gasteiger partial charge on any atom is -0.319 e. The minimum atomic E-state index is -1.19. The number of anilines is 1. The normalized spacial score (nSPS) is 19.4. The van der Waals surface area contributed by atoms with Gasteiger partial charge in [0.05, 0.1) is 0 Å². The van der Waals surface area contributed by atoms with Crippen molar-refractivity contribution in [1.29, 1.82) is 0 Å². The molecule has 0 bridgehead atoms. The van der Waals surface area contributed by atoms with Gasteiger partial charge in [-0.25, -0.2) is 9.78 Å². The maximum atomic E-state index is 12.8. The van der Waals surface area contributed by atoms with Crippen molar-refractivity contribution >= 4 is 23.7 Å². The Balaban J connectivity index is 1.74. The van der Waals surface area contributed by atoms with Crippen molar-refractivity contribution in [2.45, 2.75) is 26.3 Å². The molecule has 1 unspecified atom stereocenters. The van der Waals surface area contributed by atoms with Gasteiger partial charge in [0.25, 0.3) is 5.91 Å². The molecule has 1 aliphatic heterocycles.